The number of amides is 3. The van der Waals surface area contributed by atoms with Crippen molar-refractivity contribution in [3.8, 4) is 0 Å². The Kier molecular flexibility index (Phi) is 8.56. The average Bonchev–Trinajstić information content (AvgIpc) is 3.73. The quantitative estimate of drug-likeness (QED) is 0.363. The molecular formula is C30H40N6O4S. The number of aliphatic hydroxyl groups excluding tert-OH is 1. The fourth-order valence-electron chi connectivity index (χ4n) is 7.12. The fraction of sp³-hybridized carbons (Fsp3) is 0.567. The van der Waals surface area contributed by atoms with Crippen LogP contribution in [0.3, 0.4) is 0 Å². The summed E-state index contributed by atoms with van der Waals surface area (Å²) < 4.78 is 0.942. The standard InChI is InChI=1S/C30H40N6O4S/c1-5-15-33(16-6-2)27(38)24-23-13-14-30(41-23)25(24)28(39)36(20(8-4)18-37)26(30)29(40)34(17-7-3)19-35-22-12-10-9-11-21(22)31-32-35/h5,7,9-12,20,23-26,37H,1,3,6,8,13-19H2,2,4H3/t20-,23-,24+,25-,26?,30?/m0/s1. The number of carbonyl (C=O) groups excluding carboxylic acids is 3. The van der Waals surface area contributed by atoms with E-state index in [0.717, 1.165) is 23.9 Å². The Balaban J connectivity index is 1.54. The van der Waals surface area contributed by atoms with Crippen molar-refractivity contribution < 1.29 is 19.5 Å². The molecule has 1 aromatic carbocycles. The molecule has 1 aromatic heterocycles. The lowest BCUT2D eigenvalue weighted by Gasteiger charge is -2.39. The average molecular weight is 581 g/mol. The number of hydrogen-bond acceptors (Lipinski definition) is 7. The van der Waals surface area contributed by atoms with E-state index in [0.29, 0.717) is 25.9 Å². The summed E-state index contributed by atoms with van der Waals surface area (Å²) in [5.74, 6) is -1.57. The van der Waals surface area contributed by atoms with Crippen LogP contribution < -0.4 is 0 Å². The minimum Gasteiger partial charge on any atom is -0.394 e. The highest BCUT2D eigenvalue weighted by molar-refractivity contribution is 8.02. The Morgan fingerprint density at radius 1 is 1.20 bits per heavy atom. The number of hydrogen-bond donors (Lipinski definition) is 1. The number of aromatic nitrogens is 3. The van der Waals surface area contributed by atoms with E-state index < -0.39 is 28.7 Å². The van der Waals surface area contributed by atoms with E-state index in [1.165, 1.54) is 0 Å². The minimum atomic E-state index is -0.807. The topological polar surface area (TPSA) is 112 Å². The Labute approximate surface area is 245 Å². The Morgan fingerprint density at radius 3 is 2.61 bits per heavy atom. The van der Waals surface area contributed by atoms with Gasteiger partial charge in [0.2, 0.25) is 17.7 Å². The molecule has 4 heterocycles. The van der Waals surface area contributed by atoms with E-state index in [9.17, 15) is 19.5 Å². The zero-order valence-electron chi connectivity index (χ0n) is 23.9. The van der Waals surface area contributed by atoms with Gasteiger partial charge in [0.1, 0.15) is 18.2 Å². The van der Waals surface area contributed by atoms with Gasteiger partial charge in [-0.25, -0.2) is 4.68 Å². The number of likely N-dealkylation sites (tertiary alicyclic amines) is 1. The molecule has 41 heavy (non-hydrogen) atoms. The van der Waals surface area contributed by atoms with Crippen LogP contribution in [-0.4, -0.2) is 101 Å². The highest BCUT2D eigenvalue weighted by atomic mass is 32.2. The summed E-state index contributed by atoms with van der Waals surface area (Å²) in [5, 5.41) is 18.8. The highest BCUT2D eigenvalue weighted by Gasteiger charge is 2.74. The maximum absolute atomic E-state index is 14.6. The molecule has 3 aliphatic heterocycles. The zero-order chi connectivity index (χ0) is 29.3. The van der Waals surface area contributed by atoms with Crippen LogP contribution in [0.4, 0.5) is 0 Å². The highest BCUT2D eigenvalue weighted by Crippen LogP contribution is 2.67. The second kappa shape index (κ2) is 12.0. The van der Waals surface area contributed by atoms with Crippen molar-refractivity contribution in [1.82, 2.24) is 29.7 Å². The largest absolute Gasteiger partial charge is 0.394 e. The van der Waals surface area contributed by atoms with Gasteiger partial charge in [0.05, 0.1) is 34.7 Å². The molecule has 0 saturated carbocycles. The number of aliphatic hydroxyl groups is 1. The number of carbonyl (C=O) groups is 3. The number of nitrogens with zero attached hydrogens (tertiary/aromatic N) is 6. The van der Waals surface area contributed by atoms with Crippen LogP contribution in [0.1, 0.15) is 39.5 Å². The number of para-hydroxylation sites is 1. The lowest BCUT2D eigenvalue weighted by molar-refractivity contribution is -0.147. The van der Waals surface area contributed by atoms with Crippen LogP contribution >= 0.6 is 11.8 Å². The van der Waals surface area contributed by atoms with Crippen LogP contribution in [0.5, 0.6) is 0 Å². The molecule has 3 amide bonds. The van der Waals surface area contributed by atoms with Gasteiger partial charge in [-0.3, -0.25) is 14.4 Å². The molecule has 220 valence electrons. The van der Waals surface area contributed by atoms with Gasteiger partial charge in [0, 0.05) is 24.9 Å². The lowest BCUT2D eigenvalue weighted by Crippen LogP contribution is -2.57. The van der Waals surface area contributed by atoms with Gasteiger partial charge in [-0.2, -0.15) is 0 Å². The zero-order valence-corrected chi connectivity index (χ0v) is 24.7. The minimum absolute atomic E-state index is 0.0283. The van der Waals surface area contributed by atoms with Crippen LogP contribution in [0.2, 0.25) is 0 Å². The van der Waals surface area contributed by atoms with Gasteiger partial charge in [-0.1, -0.05) is 43.3 Å². The Morgan fingerprint density at radius 2 is 1.93 bits per heavy atom. The van der Waals surface area contributed by atoms with Gasteiger partial charge in [0.25, 0.3) is 0 Å². The molecule has 1 spiro atoms. The summed E-state index contributed by atoms with van der Waals surface area (Å²) in [4.78, 5) is 48.1. The molecular weight excluding hydrogens is 540 g/mol. The molecule has 0 radical (unpaired) electrons. The summed E-state index contributed by atoms with van der Waals surface area (Å²) >= 11 is 1.64. The molecule has 3 saturated heterocycles. The smallest absolute Gasteiger partial charge is 0.248 e. The van der Waals surface area contributed by atoms with Crippen molar-refractivity contribution in [2.45, 2.75) is 68.3 Å². The normalized spacial score (nSPS) is 27.2. The molecule has 5 rings (SSSR count). The monoisotopic (exact) mass is 580 g/mol. The summed E-state index contributed by atoms with van der Waals surface area (Å²) in [6, 6.07) is 6.22. The third-order valence-electron chi connectivity index (χ3n) is 8.87. The van der Waals surface area contributed by atoms with Crippen molar-refractivity contribution in [2.75, 3.05) is 26.2 Å². The summed E-state index contributed by atoms with van der Waals surface area (Å²) in [6.07, 6.45) is 6.12. The van der Waals surface area contributed by atoms with E-state index in [1.54, 1.807) is 43.3 Å². The van der Waals surface area contributed by atoms with Gasteiger partial charge in [0.15, 0.2) is 0 Å². The molecule has 3 fully saturated rings. The second-order valence-corrected chi connectivity index (χ2v) is 12.8. The fourth-order valence-corrected chi connectivity index (χ4v) is 9.31. The van der Waals surface area contributed by atoms with Crippen LogP contribution in [-0.2, 0) is 21.1 Å². The van der Waals surface area contributed by atoms with Crippen molar-refractivity contribution in [3.63, 3.8) is 0 Å². The summed E-state index contributed by atoms with van der Waals surface area (Å²) in [5.41, 5.74) is 1.52. The summed E-state index contributed by atoms with van der Waals surface area (Å²) in [6.45, 7) is 12.8. The van der Waals surface area contributed by atoms with Crippen molar-refractivity contribution in [3.05, 3.63) is 49.6 Å². The number of thioether (sulfide) groups is 1. The molecule has 3 aliphatic rings. The summed E-state index contributed by atoms with van der Waals surface area (Å²) in [7, 11) is 0. The van der Waals surface area contributed by atoms with Gasteiger partial charge in [-0.15, -0.1) is 30.0 Å². The molecule has 6 atom stereocenters. The Hall–Kier alpha value is -3.18. The first kappa shape index (κ1) is 29.3. The van der Waals surface area contributed by atoms with Gasteiger partial charge >= 0.3 is 0 Å². The second-order valence-electron chi connectivity index (χ2n) is 11.2. The lowest BCUT2D eigenvalue weighted by atomic mass is 9.70. The predicted molar refractivity (Wildman–Crippen MR) is 159 cm³/mol. The first-order valence-electron chi connectivity index (χ1n) is 14.5. The first-order valence-corrected chi connectivity index (χ1v) is 15.4. The van der Waals surface area contributed by atoms with E-state index >= 15 is 0 Å². The Bertz CT molecular complexity index is 1330. The number of fused-ring (bicyclic) bond motifs is 2. The van der Waals surface area contributed by atoms with E-state index in [2.05, 4.69) is 23.5 Å². The molecule has 2 unspecified atom stereocenters. The van der Waals surface area contributed by atoms with Crippen molar-refractivity contribution >= 4 is 40.5 Å². The van der Waals surface area contributed by atoms with Crippen molar-refractivity contribution in [1.29, 1.82) is 0 Å². The predicted octanol–water partition coefficient (Wildman–Crippen LogP) is 2.69. The van der Waals surface area contributed by atoms with Crippen LogP contribution in [0.15, 0.2) is 49.6 Å². The number of rotatable bonds is 13. The van der Waals surface area contributed by atoms with E-state index in [4.69, 9.17) is 0 Å². The maximum atomic E-state index is 14.6. The SMILES string of the molecule is C=CCN(Cn1nnc2ccccc21)C(=O)C1N([C@@H](CC)CO)C(=O)[C@@H]2[C@H](C(=O)N(CC=C)CCC)[C@@H]3CCC12S3. The van der Waals surface area contributed by atoms with Gasteiger partial charge in [-0.05, 0) is 37.8 Å². The third-order valence-corrected chi connectivity index (χ3v) is 10.8. The first-order chi connectivity index (χ1) is 19.9. The molecule has 11 heteroatoms. The maximum Gasteiger partial charge on any atom is 0.248 e. The molecule has 2 bridgehead atoms. The van der Waals surface area contributed by atoms with Crippen LogP contribution in [0.25, 0.3) is 11.0 Å². The number of benzene rings is 1. The van der Waals surface area contributed by atoms with Crippen LogP contribution in [0, 0.1) is 11.8 Å². The molecule has 2 aromatic rings. The van der Waals surface area contributed by atoms with Crippen molar-refractivity contribution in [2.24, 2.45) is 11.8 Å². The molecule has 1 N–H and O–H groups in total. The third kappa shape index (κ3) is 4.76. The van der Waals surface area contributed by atoms with E-state index in [1.807, 2.05) is 38.1 Å². The van der Waals surface area contributed by atoms with Gasteiger partial charge < -0.3 is 19.8 Å². The molecule has 0 aliphatic carbocycles. The van der Waals surface area contributed by atoms with E-state index in [-0.39, 0.29) is 42.8 Å². The molecule has 10 nitrogen and oxygen atoms in total.